The lowest BCUT2D eigenvalue weighted by molar-refractivity contribution is -0.122. The summed E-state index contributed by atoms with van der Waals surface area (Å²) in [5, 5.41) is 10.8. The number of carbonyl (C=O) groups excluding carboxylic acids is 1. The molecule has 0 bridgehead atoms. The second-order valence-electron chi connectivity index (χ2n) is 6.20. The fraction of sp³-hybridized carbons (Fsp3) is 0.444. The Labute approximate surface area is 137 Å². The topological polar surface area (TPSA) is 59.0 Å². The maximum atomic E-state index is 12.2. The maximum Gasteiger partial charge on any atom is 0.220 e. The van der Waals surface area contributed by atoms with E-state index < -0.39 is 0 Å². The number of hydrogen-bond acceptors (Lipinski definition) is 3. The minimum atomic E-state index is -0.0374. The molecule has 2 N–H and O–H groups in total. The van der Waals surface area contributed by atoms with Crippen LogP contribution in [0.3, 0.4) is 0 Å². The molecule has 3 rings (SSSR count). The lowest BCUT2D eigenvalue weighted by atomic mass is 10.0. The Morgan fingerprint density at radius 3 is 3.04 bits per heavy atom. The average molecular weight is 312 g/mol. The molecule has 1 aliphatic rings. The largest absolute Gasteiger partial charge is 0.350 e. The molecule has 122 valence electrons. The summed E-state index contributed by atoms with van der Waals surface area (Å²) in [6.07, 6.45) is 6.42. The fourth-order valence-corrected chi connectivity index (χ4v) is 3.16. The Balaban J connectivity index is 1.61. The summed E-state index contributed by atoms with van der Waals surface area (Å²) in [5.41, 5.74) is 2.08. The van der Waals surface area contributed by atoms with Crippen molar-refractivity contribution in [3.63, 3.8) is 0 Å². The van der Waals surface area contributed by atoms with Crippen LogP contribution in [0.2, 0.25) is 0 Å². The Bertz CT molecular complexity index is 632. The van der Waals surface area contributed by atoms with E-state index in [-0.39, 0.29) is 11.9 Å². The Morgan fingerprint density at radius 1 is 1.43 bits per heavy atom. The molecule has 0 radical (unpaired) electrons. The van der Waals surface area contributed by atoms with Crippen LogP contribution in [0.1, 0.15) is 37.8 Å². The highest BCUT2D eigenvalue weighted by Crippen LogP contribution is 2.21. The van der Waals surface area contributed by atoms with Crippen molar-refractivity contribution in [2.45, 2.75) is 32.2 Å². The smallest absolute Gasteiger partial charge is 0.220 e. The molecular formula is C18H24N4O. The predicted molar refractivity (Wildman–Crippen MR) is 90.3 cm³/mol. The summed E-state index contributed by atoms with van der Waals surface area (Å²) in [7, 11) is 0. The van der Waals surface area contributed by atoms with Gasteiger partial charge in [0.15, 0.2) is 0 Å². The molecule has 1 aliphatic heterocycles. The van der Waals surface area contributed by atoms with E-state index >= 15 is 0 Å². The van der Waals surface area contributed by atoms with E-state index in [0.717, 1.165) is 30.8 Å². The van der Waals surface area contributed by atoms with Crippen molar-refractivity contribution in [2.75, 3.05) is 13.1 Å². The summed E-state index contributed by atoms with van der Waals surface area (Å²) in [6, 6.07) is 9.91. The number of para-hydroxylation sites is 1. The molecule has 5 heteroatoms. The molecule has 23 heavy (non-hydrogen) atoms. The first-order valence-electron chi connectivity index (χ1n) is 8.33. The number of amides is 1. The zero-order valence-corrected chi connectivity index (χ0v) is 13.5. The number of aromatic nitrogens is 2. The molecule has 2 aromatic rings. The second kappa shape index (κ2) is 7.42. The quantitative estimate of drug-likeness (QED) is 0.861. The van der Waals surface area contributed by atoms with Gasteiger partial charge in [-0.05, 0) is 56.5 Å². The second-order valence-corrected chi connectivity index (χ2v) is 6.20. The van der Waals surface area contributed by atoms with Gasteiger partial charge in [-0.25, -0.2) is 4.68 Å². The first-order valence-corrected chi connectivity index (χ1v) is 8.33. The van der Waals surface area contributed by atoms with Gasteiger partial charge >= 0.3 is 0 Å². The van der Waals surface area contributed by atoms with Crippen LogP contribution in [0, 0.1) is 5.92 Å². The monoisotopic (exact) mass is 312 g/mol. The van der Waals surface area contributed by atoms with Crippen LogP contribution in [0.4, 0.5) is 0 Å². The van der Waals surface area contributed by atoms with Gasteiger partial charge in [0, 0.05) is 18.8 Å². The first-order chi connectivity index (χ1) is 11.2. The van der Waals surface area contributed by atoms with Crippen molar-refractivity contribution >= 4 is 5.91 Å². The zero-order chi connectivity index (χ0) is 16.1. The van der Waals surface area contributed by atoms with E-state index in [4.69, 9.17) is 0 Å². The molecule has 1 saturated heterocycles. The molecule has 2 atom stereocenters. The van der Waals surface area contributed by atoms with Crippen molar-refractivity contribution in [2.24, 2.45) is 5.92 Å². The zero-order valence-electron chi connectivity index (χ0n) is 13.5. The number of nitrogens with one attached hydrogen (secondary N) is 2. The van der Waals surface area contributed by atoms with Crippen molar-refractivity contribution in [1.82, 2.24) is 20.4 Å². The lowest BCUT2D eigenvalue weighted by Crippen LogP contribution is -2.27. The summed E-state index contributed by atoms with van der Waals surface area (Å²) in [5.74, 6) is 0.770. The highest BCUT2D eigenvalue weighted by atomic mass is 16.1. The standard InChI is InChI=1S/C18H24N4O/c1-14(21-18(23)8-7-15-9-11-19-13-15)16-5-2-3-6-17(16)22-12-4-10-20-22/h2-6,10,12,14-15,19H,7-9,11,13H2,1H3,(H,21,23). The van der Waals surface area contributed by atoms with E-state index in [1.165, 1.54) is 6.42 Å². The third-order valence-corrected chi connectivity index (χ3v) is 4.47. The van der Waals surface area contributed by atoms with Gasteiger partial charge in [-0.2, -0.15) is 5.10 Å². The minimum Gasteiger partial charge on any atom is -0.350 e. The van der Waals surface area contributed by atoms with Crippen LogP contribution < -0.4 is 10.6 Å². The summed E-state index contributed by atoms with van der Waals surface area (Å²) < 4.78 is 1.84. The molecule has 2 heterocycles. The van der Waals surface area contributed by atoms with Crippen LogP contribution in [0.15, 0.2) is 42.7 Å². The molecule has 1 fully saturated rings. The van der Waals surface area contributed by atoms with E-state index in [2.05, 4.69) is 15.7 Å². The van der Waals surface area contributed by atoms with Gasteiger partial charge in [-0.3, -0.25) is 4.79 Å². The maximum absolute atomic E-state index is 12.2. The van der Waals surface area contributed by atoms with Gasteiger partial charge in [-0.1, -0.05) is 18.2 Å². The fourth-order valence-electron chi connectivity index (χ4n) is 3.16. The lowest BCUT2D eigenvalue weighted by Gasteiger charge is -2.18. The first kappa shape index (κ1) is 15.7. The molecular weight excluding hydrogens is 288 g/mol. The number of hydrogen-bond donors (Lipinski definition) is 2. The summed E-state index contributed by atoms with van der Waals surface area (Å²) in [6.45, 7) is 4.16. The molecule has 0 saturated carbocycles. The molecule has 0 aliphatic carbocycles. The third kappa shape index (κ3) is 3.99. The van der Waals surface area contributed by atoms with E-state index in [1.807, 2.05) is 48.1 Å². The highest BCUT2D eigenvalue weighted by Gasteiger charge is 2.18. The van der Waals surface area contributed by atoms with Crippen molar-refractivity contribution < 1.29 is 4.79 Å². The third-order valence-electron chi connectivity index (χ3n) is 4.47. The van der Waals surface area contributed by atoms with Crippen LogP contribution in [-0.2, 0) is 4.79 Å². The Morgan fingerprint density at radius 2 is 2.30 bits per heavy atom. The normalized spacial score (nSPS) is 18.7. The molecule has 1 aromatic carbocycles. The van der Waals surface area contributed by atoms with E-state index in [9.17, 15) is 4.79 Å². The van der Waals surface area contributed by atoms with Crippen molar-refractivity contribution in [1.29, 1.82) is 0 Å². The van der Waals surface area contributed by atoms with Crippen LogP contribution in [0.25, 0.3) is 5.69 Å². The molecule has 5 nitrogen and oxygen atoms in total. The van der Waals surface area contributed by atoms with Gasteiger partial charge < -0.3 is 10.6 Å². The average Bonchev–Trinajstić information content (AvgIpc) is 3.26. The van der Waals surface area contributed by atoms with Crippen molar-refractivity contribution in [3.05, 3.63) is 48.3 Å². The summed E-state index contributed by atoms with van der Waals surface area (Å²) >= 11 is 0. The molecule has 2 unspecified atom stereocenters. The Hall–Kier alpha value is -2.14. The van der Waals surface area contributed by atoms with Gasteiger partial charge in [0.2, 0.25) is 5.91 Å². The van der Waals surface area contributed by atoms with E-state index in [0.29, 0.717) is 12.3 Å². The predicted octanol–water partition coefficient (Wildman–Crippen LogP) is 2.44. The van der Waals surface area contributed by atoms with Crippen LogP contribution >= 0.6 is 0 Å². The molecule has 1 aromatic heterocycles. The van der Waals surface area contributed by atoms with Crippen molar-refractivity contribution in [3.8, 4) is 5.69 Å². The molecule has 1 amide bonds. The summed E-state index contributed by atoms with van der Waals surface area (Å²) in [4.78, 5) is 12.2. The number of carbonyl (C=O) groups is 1. The van der Waals surface area contributed by atoms with Crippen LogP contribution in [-0.4, -0.2) is 28.8 Å². The van der Waals surface area contributed by atoms with Gasteiger partial charge in [0.25, 0.3) is 0 Å². The van der Waals surface area contributed by atoms with Crippen LogP contribution in [0.5, 0.6) is 0 Å². The Kier molecular flexibility index (Phi) is 5.08. The number of rotatable bonds is 6. The minimum absolute atomic E-state index is 0.0374. The highest BCUT2D eigenvalue weighted by molar-refractivity contribution is 5.76. The van der Waals surface area contributed by atoms with Gasteiger partial charge in [-0.15, -0.1) is 0 Å². The van der Waals surface area contributed by atoms with Gasteiger partial charge in [0.05, 0.1) is 11.7 Å². The molecule has 0 spiro atoms. The van der Waals surface area contributed by atoms with Gasteiger partial charge in [0.1, 0.15) is 0 Å². The SMILES string of the molecule is CC(NC(=O)CCC1CCNC1)c1ccccc1-n1cccn1. The number of benzene rings is 1. The van der Waals surface area contributed by atoms with E-state index in [1.54, 1.807) is 6.20 Å². The number of nitrogens with zero attached hydrogens (tertiary/aromatic N) is 2.